The van der Waals surface area contributed by atoms with Crippen LogP contribution >= 0.6 is 0 Å². The van der Waals surface area contributed by atoms with E-state index in [0.29, 0.717) is 17.9 Å². The molecular formula is C18H27N3O4. The molecule has 0 saturated heterocycles. The van der Waals surface area contributed by atoms with Crippen molar-refractivity contribution in [3.05, 3.63) is 21.5 Å². The highest BCUT2D eigenvalue weighted by molar-refractivity contribution is 5.69. The number of ether oxygens (including phenoxy) is 1. The van der Waals surface area contributed by atoms with Crippen LogP contribution < -0.4 is 0 Å². The molecule has 0 aliphatic heterocycles. The Kier molecular flexibility index (Phi) is 5.39. The van der Waals surface area contributed by atoms with Crippen molar-refractivity contribution in [1.29, 1.82) is 0 Å². The zero-order valence-electron chi connectivity index (χ0n) is 15.1. The summed E-state index contributed by atoms with van der Waals surface area (Å²) in [5.74, 6) is 1.33. The number of nitrogens with zero attached hydrogens (tertiary/aromatic N) is 3. The summed E-state index contributed by atoms with van der Waals surface area (Å²) in [6, 6.07) is 0. The van der Waals surface area contributed by atoms with Crippen LogP contribution in [0, 0.1) is 35.8 Å². The average Bonchev–Trinajstić information content (AvgIpc) is 2.86. The Morgan fingerprint density at radius 2 is 1.96 bits per heavy atom. The third-order valence-corrected chi connectivity index (χ3v) is 5.84. The summed E-state index contributed by atoms with van der Waals surface area (Å²) in [6.07, 6.45) is 8.65. The Morgan fingerprint density at radius 3 is 2.64 bits per heavy atom. The second kappa shape index (κ2) is 7.54. The van der Waals surface area contributed by atoms with Gasteiger partial charge in [-0.2, -0.15) is 5.10 Å². The molecule has 3 atom stereocenters. The fourth-order valence-corrected chi connectivity index (χ4v) is 4.55. The first-order valence-electron chi connectivity index (χ1n) is 9.33. The number of fused-ring (bicyclic) bond motifs is 1. The van der Waals surface area contributed by atoms with Crippen molar-refractivity contribution in [3.8, 4) is 0 Å². The van der Waals surface area contributed by atoms with Crippen LogP contribution in [0.5, 0.6) is 0 Å². The largest absolute Gasteiger partial charge is 0.462 e. The number of carbonyl (C=O) groups is 1. The van der Waals surface area contributed by atoms with Gasteiger partial charge in [-0.1, -0.05) is 25.7 Å². The lowest BCUT2D eigenvalue weighted by molar-refractivity contribution is -0.386. The molecule has 0 unspecified atom stereocenters. The highest BCUT2D eigenvalue weighted by Crippen LogP contribution is 2.41. The van der Waals surface area contributed by atoms with Crippen LogP contribution in [0.4, 0.5) is 5.69 Å². The quantitative estimate of drug-likeness (QED) is 0.459. The van der Waals surface area contributed by atoms with Crippen molar-refractivity contribution in [3.63, 3.8) is 0 Å². The van der Waals surface area contributed by atoms with E-state index < -0.39 is 4.92 Å². The maximum atomic E-state index is 12.2. The molecule has 0 amide bonds. The number of hydrogen-bond donors (Lipinski definition) is 0. The molecule has 25 heavy (non-hydrogen) atoms. The van der Waals surface area contributed by atoms with E-state index in [1.54, 1.807) is 13.8 Å². The molecule has 0 aromatic carbocycles. The summed E-state index contributed by atoms with van der Waals surface area (Å²) >= 11 is 0. The van der Waals surface area contributed by atoms with Crippen LogP contribution in [0.1, 0.15) is 62.8 Å². The molecule has 7 heteroatoms. The van der Waals surface area contributed by atoms with E-state index >= 15 is 0 Å². The monoisotopic (exact) mass is 349 g/mol. The molecule has 2 fully saturated rings. The Bertz CT molecular complexity index is 655. The van der Waals surface area contributed by atoms with Gasteiger partial charge in [-0.25, -0.2) is 0 Å². The number of aryl methyl sites for hydroxylation is 2. The fraction of sp³-hybridized carbons (Fsp3) is 0.778. The molecule has 1 heterocycles. The zero-order valence-corrected chi connectivity index (χ0v) is 15.1. The summed E-state index contributed by atoms with van der Waals surface area (Å²) in [7, 11) is 0. The van der Waals surface area contributed by atoms with Crippen LogP contribution in [-0.4, -0.2) is 26.8 Å². The Balaban J connectivity index is 1.50. The molecule has 0 N–H and O–H groups in total. The molecule has 2 saturated carbocycles. The van der Waals surface area contributed by atoms with Crippen molar-refractivity contribution in [2.45, 2.75) is 77.9 Å². The molecule has 0 radical (unpaired) electrons. The van der Waals surface area contributed by atoms with Crippen molar-refractivity contribution in [2.75, 3.05) is 0 Å². The summed E-state index contributed by atoms with van der Waals surface area (Å²) in [5.41, 5.74) is 0.897. The molecule has 1 aromatic heterocycles. The smallest absolute Gasteiger partial charge is 0.312 e. The molecular weight excluding hydrogens is 322 g/mol. The molecule has 2 aliphatic rings. The van der Waals surface area contributed by atoms with Gasteiger partial charge in [-0.05, 0) is 44.9 Å². The SMILES string of the molecule is Cc1nn(CCC(=O)O[C@@H]2CC[C@@H]3CCCC[C@@H]3C2)c(C)c1[N+](=O)[O-]. The van der Waals surface area contributed by atoms with Crippen molar-refractivity contribution in [2.24, 2.45) is 11.8 Å². The molecule has 0 bridgehead atoms. The summed E-state index contributed by atoms with van der Waals surface area (Å²) in [4.78, 5) is 22.8. The fourth-order valence-electron chi connectivity index (χ4n) is 4.55. The molecule has 138 valence electrons. The Hall–Kier alpha value is -1.92. The standard InChI is InChI=1S/C18H27N3O4/c1-12-18(21(23)24)13(2)20(19-12)10-9-17(22)25-16-8-7-14-5-3-4-6-15(14)11-16/h14-16H,3-11H2,1-2H3/t14-,15+,16+/m0/s1. The van der Waals surface area contributed by atoms with Crippen LogP contribution in [0.15, 0.2) is 0 Å². The number of carbonyl (C=O) groups excluding carboxylic acids is 1. The number of nitro groups is 1. The van der Waals surface area contributed by atoms with E-state index in [-0.39, 0.29) is 24.2 Å². The first kappa shape index (κ1) is 17.9. The van der Waals surface area contributed by atoms with E-state index in [0.717, 1.165) is 24.7 Å². The maximum absolute atomic E-state index is 12.2. The molecule has 2 aliphatic carbocycles. The van der Waals surface area contributed by atoms with Gasteiger partial charge in [0.1, 0.15) is 17.5 Å². The topological polar surface area (TPSA) is 87.3 Å². The van der Waals surface area contributed by atoms with Gasteiger partial charge in [-0.15, -0.1) is 0 Å². The maximum Gasteiger partial charge on any atom is 0.312 e. The minimum absolute atomic E-state index is 0.0315. The summed E-state index contributed by atoms with van der Waals surface area (Å²) in [5, 5.41) is 15.2. The van der Waals surface area contributed by atoms with E-state index in [4.69, 9.17) is 4.74 Å². The van der Waals surface area contributed by atoms with Gasteiger partial charge in [0.25, 0.3) is 0 Å². The average molecular weight is 349 g/mol. The van der Waals surface area contributed by atoms with Gasteiger partial charge in [0.05, 0.1) is 17.9 Å². The normalized spacial score (nSPS) is 26.1. The first-order chi connectivity index (χ1) is 12.0. The molecule has 0 spiro atoms. The predicted molar refractivity (Wildman–Crippen MR) is 92.2 cm³/mol. The number of rotatable bonds is 5. The van der Waals surface area contributed by atoms with Crippen molar-refractivity contribution in [1.82, 2.24) is 9.78 Å². The zero-order chi connectivity index (χ0) is 18.0. The second-order valence-electron chi connectivity index (χ2n) is 7.48. The van der Waals surface area contributed by atoms with Crippen LogP contribution in [0.3, 0.4) is 0 Å². The molecule has 3 rings (SSSR count). The third-order valence-electron chi connectivity index (χ3n) is 5.84. The number of aromatic nitrogens is 2. The van der Waals surface area contributed by atoms with Crippen LogP contribution in [0.2, 0.25) is 0 Å². The lowest BCUT2D eigenvalue weighted by atomic mass is 9.70. The second-order valence-corrected chi connectivity index (χ2v) is 7.48. The van der Waals surface area contributed by atoms with E-state index in [1.165, 1.54) is 36.8 Å². The van der Waals surface area contributed by atoms with Gasteiger partial charge >= 0.3 is 11.7 Å². The highest BCUT2D eigenvalue weighted by Gasteiger charge is 2.33. The van der Waals surface area contributed by atoms with Crippen molar-refractivity contribution >= 4 is 11.7 Å². The van der Waals surface area contributed by atoms with E-state index in [9.17, 15) is 14.9 Å². The van der Waals surface area contributed by atoms with Gasteiger partial charge in [0, 0.05) is 0 Å². The van der Waals surface area contributed by atoms with Crippen LogP contribution in [-0.2, 0) is 16.1 Å². The minimum Gasteiger partial charge on any atom is -0.462 e. The van der Waals surface area contributed by atoms with E-state index in [1.807, 2.05) is 0 Å². The van der Waals surface area contributed by atoms with Gasteiger partial charge in [0.2, 0.25) is 0 Å². The van der Waals surface area contributed by atoms with Gasteiger partial charge in [-0.3, -0.25) is 19.6 Å². The first-order valence-corrected chi connectivity index (χ1v) is 9.33. The lowest BCUT2D eigenvalue weighted by Crippen LogP contribution is -2.33. The number of esters is 1. The molecule has 1 aromatic rings. The third kappa shape index (κ3) is 4.02. The Morgan fingerprint density at radius 1 is 1.24 bits per heavy atom. The highest BCUT2D eigenvalue weighted by atomic mass is 16.6. The molecule has 7 nitrogen and oxygen atoms in total. The van der Waals surface area contributed by atoms with Gasteiger partial charge < -0.3 is 4.74 Å². The van der Waals surface area contributed by atoms with E-state index in [2.05, 4.69) is 5.10 Å². The summed E-state index contributed by atoms with van der Waals surface area (Å²) < 4.78 is 7.21. The lowest BCUT2D eigenvalue weighted by Gasteiger charge is -2.38. The number of hydrogen-bond acceptors (Lipinski definition) is 5. The van der Waals surface area contributed by atoms with Crippen LogP contribution in [0.25, 0.3) is 0 Å². The predicted octanol–water partition coefficient (Wildman–Crippen LogP) is 3.70. The summed E-state index contributed by atoms with van der Waals surface area (Å²) in [6.45, 7) is 3.59. The van der Waals surface area contributed by atoms with Crippen molar-refractivity contribution < 1.29 is 14.5 Å². The Labute approximate surface area is 147 Å². The van der Waals surface area contributed by atoms with Gasteiger partial charge in [0.15, 0.2) is 0 Å². The minimum atomic E-state index is -0.422.